The lowest BCUT2D eigenvalue weighted by atomic mass is 10.1. The number of benzene rings is 2. The van der Waals surface area contributed by atoms with E-state index >= 15 is 0 Å². The molecule has 0 atom stereocenters. The lowest BCUT2D eigenvalue weighted by molar-refractivity contribution is 0.273. The normalized spacial score (nSPS) is 11.4. The molecule has 3 aromatic rings. The first-order valence-electron chi connectivity index (χ1n) is 8.70. The summed E-state index contributed by atoms with van der Waals surface area (Å²) in [6, 6.07) is 13.6. The first-order valence-corrected chi connectivity index (χ1v) is 8.70. The second kappa shape index (κ2) is 8.38. The summed E-state index contributed by atoms with van der Waals surface area (Å²) in [6.45, 7) is 5.03. The molecule has 1 heterocycles. The van der Waals surface area contributed by atoms with E-state index in [0.717, 1.165) is 28.8 Å². The highest BCUT2D eigenvalue weighted by molar-refractivity contribution is 5.82. The van der Waals surface area contributed by atoms with Crippen LogP contribution in [0.5, 0.6) is 11.5 Å². The largest absolute Gasteiger partial charge is 0.493 e. The average molecular weight is 352 g/mol. The Labute approximate surface area is 153 Å². The van der Waals surface area contributed by atoms with E-state index in [1.165, 1.54) is 0 Å². The molecule has 2 N–H and O–H groups in total. The summed E-state index contributed by atoms with van der Waals surface area (Å²) in [5.74, 6) is 2.65. The molecule has 0 saturated heterocycles. The minimum Gasteiger partial charge on any atom is -0.493 e. The number of nitrogens with zero attached hydrogens (tertiary/aromatic N) is 2. The Morgan fingerprint density at radius 3 is 2.81 bits per heavy atom. The molecule has 0 aliphatic heterocycles. The van der Waals surface area contributed by atoms with Crippen molar-refractivity contribution < 1.29 is 9.47 Å². The summed E-state index contributed by atoms with van der Waals surface area (Å²) in [5, 5.41) is 4.23. The summed E-state index contributed by atoms with van der Waals surface area (Å²) in [7, 11) is 1.64. The van der Waals surface area contributed by atoms with Crippen LogP contribution in [0.15, 0.2) is 47.6 Å². The van der Waals surface area contributed by atoms with Crippen LogP contribution in [0, 0.1) is 5.92 Å². The fourth-order valence-corrected chi connectivity index (χ4v) is 2.46. The number of aromatic amines is 1. The van der Waals surface area contributed by atoms with Gasteiger partial charge in [0.2, 0.25) is 5.95 Å². The van der Waals surface area contributed by atoms with Gasteiger partial charge in [-0.25, -0.2) is 10.4 Å². The number of hydrazone groups is 1. The fourth-order valence-electron chi connectivity index (χ4n) is 2.46. The summed E-state index contributed by atoms with van der Waals surface area (Å²) >= 11 is 0. The van der Waals surface area contributed by atoms with Gasteiger partial charge in [0, 0.05) is 0 Å². The lowest BCUT2D eigenvalue weighted by Gasteiger charge is -2.12. The van der Waals surface area contributed by atoms with Crippen LogP contribution in [0.4, 0.5) is 5.95 Å². The van der Waals surface area contributed by atoms with E-state index in [4.69, 9.17) is 9.47 Å². The van der Waals surface area contributed by atoms with E-state index in [9.17, 15) is 0 Å². The molecule has 0 bridgehead atoms. The summed E-state index contributed by atoms with van der Waals surface area (Å²) in [4.78, 5) is 7.58. The minimum absolute atomic E-state index is 0.600. The van der Waals surface area contributed by atoms with Crippen LogP contribution in [-0.2, 0) is 0 Å². The molecule has 6 heteroatoms. The molecule has 6 nitrogen and oxygen atoms in total. The molecular formula is C20H24N4O2. The second-order valence-electron chi connectivity index (χ2n) is 6.41. The number of fused-ring (bicyclic) bond motifs is 1. The predicted molar refractivity (Wildman–Crippen MR) is 105 cm³/mol. The van der Waals surface area contributed by atoms with Gasteiger partial charge < -0.3 is 14.5 Å². The molecule has 0 spiro atoms. The van der Waals surface area contributed by atoms with Crippen LogP contribution in [-0.4, -0.2) is 29.9 Å². The molecule has 0 aliphatic rings. The minimum atomic E-state index is 0.600. The van der Waals surface area contributed by atoms with E-state index in [0.29, 0.717) is 24.2 Å². The van der Waals surface area contributed by atoms with Gasteiger partial charge in [-0.3, -0.25) is 0 Å². The SMILES string of the molecule is COc1cc(/C=N/Nc2nc3ccccc3[nH]2)ccc1OCCC(C)C. The van der Waals surface area contributed by atoms with Crippen molar-refractivity contribution in [3.63, 3.8) is 0 Å². The molecule has 3 rings (SSSR count). The van der Waals surface area contributed by atoms with Crippen molar-refractivity contribution in [1.29, 1.82) is 0 Å². The van der Waals surface area contributed by atoms with Gasteiger partial charge in [-0.05, 0) is 48.2 Å². The van der Waals surface area contributed by atoms with Gasteiger partial charge in [0.05, 0.1) is 31.0 Å². The van der Waals surface area contributed by atoms with Crippen LogP contribution in [0.1, 0.15) is 25.8 Å². The first kappa shape index (κ1) is 17.8. The van der Waals surface area contributed by atoms with Gasteiger partial charge in [-0.1, -0.05) is 26.0 Å². The van der Waals surface area contributed by atoms with Crippen LogP contribution in [0.3, 0.4) is 0 Å². The molecule has 136 valence electrons. The van der Waals surface area contributed by atoms with Crippen LogP contribution >= 0.6 is 0 Å². The van der Waals surface area contributed by atoms with Gasteiger partial charge in [-0.2, -0.15) is 5.10 Å². The van der Waals surface area contributed by atoms with E-state index in [-0.39, 0.29) is 0 Å². The van der Waals surface area contributed by atoms with Crippen molar-refractivity contribution >= 4 is 23.2 Å². The number of ether oxygens (including phenoxy) is 2. The lowest BCUT2D eigenvalue weighted by Crippen LogP contribution is -2.03. The van der Waals surface area contributed by atoms with Crippen molar-refractivity contribution in [2.75, 3.05) is 19.1 Å². The van der Waals surface area contributed by atoms with Crippen molar-refractivity contribution in [3.05, 3.63) is 48.0 Å². The third-order valence-corrected chi connectivity index (χ3v) is 3.91. The molecule has 0 fully saturated rings. The molecule has 0 saturated carbocycles. The maximum Gasteiger partial charge on any atom is 0.222 e. The van der Waals surface area contributed by atoms with Gasteiger partial charge >= 0.3 is 0 Å². The Bertz CT molecular complexity index is 853. The third-order valence-electron chi connectivity index (χ3n) is 3.91. The summed E-state index contributed by atoms with van der Waals surface area (Å²) < 4.78 is 11.2. The predicted octanol–water partition coefficient (Wildman–Crippen LogP) is 4.44. The standard InChI is InChI=1S/C20H24N4O2/c1-14(2)10-11-26-18-9-8-15(12-19(18)25-3)13-21-24-20-22-16-6-4-5-7-17(16)23-20/h4-9,12-14H,10-11H2,1-3H3,(H2,22,23,24)/b21-13+. The molecule has 0 unspecified atom stereocenters. The number of para-hydroxylation sites is 2. The number of methoxy groups -OCH3 is 1. The average Bonchev–Trinajstić information content (AvgIpc) is 3.05. The van der Waals surface area contributed by atoms with Gasteiger partial charge in [0.15, 0.2) is 11.5 Å². The Hall–Kier alpha value is -3.02. The van der Waals surface area contributed by atoms with Crippen LogP contribution in [0.25, 0.3) is 11.0 Å². The van der Waals surface area contributed by atoms with Crippen molar-refractivity contribution in [1.82, 2.24) is 9.97 Å². The van der Waals surface area contributed by atoms with E-state index < -0.39 is 0 Å². The molecule has 2 aromatic carbocycles. The number of nitrogens with one attached hydrogen (secondary N) is 2. The Balaban J connectivity index is 1.64. The zero-order valence-electron chi connectivity index (χ0n) is 15.3. The first-order chi connectivity index (χ1) is 12.7. The highest BCUT2D eigenvalue weighted by atomic mass is 16.5. The van der Waals surface area contributed by atoms with Crippen molar-refractivity contribution in [2.45, 2.75) is 20.3 Å². The maximum absolute atomic E-state index is 5.80. The van der Waals surface area contributed by atoms with E-state index in [1.807, 2.05) is 42.5 Å². The number of imidazole rings is 1. The zero-order chi connectivity index (χ0) is 18.4. The van der Waals surface area contributed by atoms with Gasteiger partial charge in [0.25, 0.3) is 0 Å². The van der Waals surface area contributed by atoms with Crippen molar-refractivity contribution in [2.24, 2.45) is 11.0 Å². The molecule has 1 aromatic heterocycles. The zero-order valence-corrected chi connectivity index (χ0v) is 15.3. The number of hydrogen-bond acceptors (Lipinski definition) is 5. The monoisotopic (exact) mass is 352 g/mol. The highest BCUT2D eigenvalue weighted by Gasteiger charge is 2.06. The van der Waals surface area contributed by atoms with Gasteiger partial charge in [-0.15, -0.1) is 0 Å². The van der Waals surface area contributed by atoms with E-state index in [2.05, 4.69) is 34.3 Å². The maximum atomic E-state index is 5.80. The molecule has 0 radical (unpaired) electrons. The number of hydrogen-bond donors (Lipinski definition) is 2. The highest BCUT2D eigenvalue weighted by Crippen LogP contribution is 2.28. The Kier molecular flexibility index (Phi) is 5.73. The van der Waals surface area contributed by atoms with Crippen molar-refractivity contribution in [3.8, 4) is 11.5 Å². The summed E-state index contributed by atoms with van der Waals surface area (Å²) in [6.07, 6.45) is 2.72. The van der Waals surface area contributed by atoms with Gasteiger partial charge in [0.1, 0.15) is 0 Å². The van der Waals surface area contributed by atoms with Crippen LogP contribution in [0.2, 0.25) is 0 Å². The molecule has 0 amide bonds. The number of rotatable bonds is 8. The Morgan fingerprint density at radius 1 is 1.19 bits per heavy atom. The third kappa shape index (κ3) is 4.53. The fraction of sp³-hybridized carbons (Fsp3) is 0.300. The topological polar surface area (TPSA) is 71.5 Å². The quantitative estimate of drug-likeness (QED) is 0.464. The molecule has 0 aliphatic carbocycles. The smallest absolute Gasteiger partial charge is 0.222 e. The number of anilines is 1. The van der Waals surface area contributed by atoms with Crippen LogP contribution < -0.4 is 14.9 Å². The Morgan fingerprint density at radius 2 is 2.04 bits per heavy atom. The number of aromatic nitrogens is 2. The second-order valence-corrected chi connectivity index (χ2v) is 6.41. The number of H-pyrrole nitrogens is 1. The summed E-state index contributed by atoms with van der Waals surface area (Å²) in [5.41, 5.74) is 5.68. The molecular weight excluding hydrogens is 328 g/mol. The molecule has 26 heavy (non-hydrogen) atoms. The van der Waals surface area contributed by atoms with E-state index in [1.54, 1.807) is 13.3 Å².